The number of nitrogens with zero attached hydrogens (tertiary/aromatic N) is 2. The van der Waals surface area contributed by atoms with Gasteiger partial charge in [0.2, 0.25) is 11.8 Å². The summed E-state index contributed by atoms with van der Waals surface area (Å²) in [5.41, 5.74) is 0.902. The normalized spacial score (nSPS) is 11.1. The van der Waals surface area contributed by atoms with Crippen LogP contribution in [0.4, 0.5) is 13.2 Å². The summed E-state index contributed by atoms with van der Waals surface area (Å²) in [6.07, 6.45) is 0.559. The predicted molar refractivity (Wildman–Crippen MR) is 78.6 cm³/mol. The average Bonchev–Trinajstić information content (AvgIpc) is 2.47. The highest BCUT2D eigenvalue weighted by atomic mass is 32.2. The Bertz CT molecular complexity index is 606. The molecule has 3 N–H and O–H groups in total. The number of aryl methyl sites for hydroxylation is 1. The summed E-state index contributed by atoms with van der Waals surface area (Å²) in [6.45, 7) is -0.148. The van der Waals surface area contributed by atoms with Crippen molar-refractivity contribution in [1.29, 1.82) is 5.26 Å². The quantitative estimate of drug-likeness (QED) is 0.534. The van der Waals surface area contributed by atoms with E-state index >= 15 is 0 Å². The van der Waals surface area contributed by atoms with Crippen molar-refractivity contribution in [3.8, 4) is 11.9 Å². The molecule has 1 aromatic heterocycles. The van der Waals surface area contributed by atoms with Gasteiger partial charge >= 0.3 is 5.51 Å². The zero-order valence-electron chi connectivity index (χ0n) is 11.6. The number of hydrogen-bond donors (Lipinski definition) is 2. The molecule has 0 aliphatic rings. The van der Waals surface area contributed by atoms with E-state index in [4.69, 9.17) is 10.8 Å². The van der Waals surface area contributed by atoms with Crippen LogP contribution in [0.1, 0.15) is 17.5 Å². The minimum absolute atomic E-state index is 0.0551. The fourth-order valence-corrected chi connectivity index (χ4v) is 2.53. The number of rotatable bonds is 8. The van der Waals surface area contributed by atoms with Crippen molar-refractivity contribution in [3.05, 3.63) is 17.2 Å². The largest absolute Gasteiger partial charge is 0.479 e. The molecule has 1 amide bonds. The molecule has 1 aromatic rings. The summed E-state index contributed by atoms with van der Waals surface area (Å²) >= 11 is 0.104. The molecule has 0 saturated heterocycles. The van der Waals surface area contributed by atoms with Gasteiger partial charge in [-0.15, -0.1) is 0 Å². The molecule has 126 valence electrons. The maximum Gasteiger partial charge on any atom is 0.479 e. The van der Waals surface area contributed by atoms with Gasteiger partial charge < -0.3 is 15.0 Å². The SMILES string of the molecule is N#Cc1c(CCCO)cc(OSC(F)(F)F)nc1SCC(N)=O. The number of primary amides is 1. The van der Waals surface area contributed by atoms with Gasteiger partial charge in [0, 0.05) is 12.7 Å². The number of nitriles is 1. The van der Waals surface area contributed by atoms with Gasteiger partial charge in [-0.25, -0.2) is 4.98 Å². The van der Waals surface area contributed by atoms with Crippen LogP contribution in [0.15, 0.2) is 11.1 Å². The molecule has 11 heteroatoms. The maximum absolute atomic E-state index is 12.2. The number of thioether (sulfide) groups is 1. The minimum Gasteiger partial charge on any atom is -0.397 e. The lowest BCUT2D eigenvalue weighted by molar-refractivity contribution is -0.115. The fourth-order valence-electron chi connectivity index (χ4n) is 1.51. The molecule has 0 aromatic carbocycles. The number of aliphatic hydroxyl groups excluding tert-OH is 1. The summed E-state index contributed by atoms with van der Waals surface area (Å²) in [4.78, 5) is 14.7. The van der Waals surface area contributed by atoms with Gasteiger partial charge in [-0.3, -0.25) is 4.79 Å². The summed E-state index contributed by atoms with van der Waals surface area (Å²) in [5.74, 6) is -1.18. The van der Waals surface area contributed by atoms with E-state index in [0.717, 1.165) is 11.8 Å². The Morgan fingerprint density at radius 2 is 2.22 bits per heavy atom. The van der Waals surface area contributed by atoms with E-state index in [1.54, 1.807) is 0 Å². The molecule has 6 nitrogen and oxygen atoms in total. The van der Waals surface area contributed by atoms with Crippen LogP contribution < -0.4 is 9.92 Å². The number of pyridine rings is 1. The Balaban J connectivity index is 3.12. The molecule has 1 rings (SSSR count). The first-order valence-electron chi connectivity index (χ1n) is 6.15. The van der Waals surface area contributed by atoms with Crippen LogP contribution in [-0.2, 0) is 11.2 Å². The zero-order valence-corrected chi connectivity index (χ0v) is 13.2. The third-order valence-corrected chi connectivity index (χ3v) is 3.77. The van der Waals surface area contributed by atoms with E-state index in [-0.39, 0.29) is 35.2 Å². The van der Waals surface area contributed by atoms with Crippen LogP contribution in [0.25, 0.3) is 0 Å². The second-order valence-electron chi connectivity index (χ2n) is 4.11. The van der Waals surface area contributed by atoms with Crippen LogP contribution in [0, 0.1) is 11.3 Å². The molecule has 1 heterocycles. The summed E-state index contributed by atoms with van der Waals surface area (Å²) < 4.78 is 41.1. The average molecular weight is 367 g/mol. The van der Waals surface area contributed by atoms with Gasteiger partial charge in [0.1, 0.15) is 11.1 Å². The van der Waals surface area contributed by atoms with Gasteiger partial charge in [0.15, 0.2) is 12.0 Å². The van der Waals surface area contributed by atoms with Gasteiger partial charge in [-0.05, 0) is 18.4 Å². The highest BCUT2D eigenvalue weighted by Gasteiger charge is 2.32. The number of halogens is 3. The number of amides is 1. The van der Waals surface area contributed by atoms with E-state index in [2.05, 4.69) is 9.17 Å². The maximum atomic E-state index is 12.2. The van der Waals surface area contributed by atoms with Crippen molar-refractivity contribution in [2.24, 2.45) is 5.73 Å². The molecular weight excluding hydrogens is 355 g/mol. The summed E-state index contributed by atoms with van der Waals surface area (Å²) in [6, 6.07) is 3.10. The molecule has 0 radical (unpaired) electrons. The molecule has 0 saturated carbocycles. The van der Waals surface area contributed by atoms with Gasteiger partial charge in [-0.1, -0.05) is 11.8 Å². The molecule has 0 aliphatic heterocycles. The van der Waals surface area contributed by atoms with Crippen LogP contribution >= 0.6 is 23.8 Å². The van der Waals surface area contributed by atoms with Crippen molar-refractivity contribution in [3.63, 3.8) is 0 Å². The summed E-state index contributed by atoms with van der Waals surface area (Å²) in [7, 11) is 0. The second kappa shape index (κ2) is 8.85. The van der Waals surface area contributed by atoms with Gasteiger partial charge in [0.25, 0.3) is 0 Å². The molecule has 0 aliphatic carbocycles. The van der Waals surface area contributed by atoms with Crippen LogP contribution in [0.3, 0.4) is 0 Å². The van der Waals surface area contributed by atoms with Gasteiger partial charge in [-0.2, -0.15) is 18.4 Å². The molecule has 0 spiro atoms. The number of alkyl halides is 3. The first kappa shape index (κ1) is 19.4. The first-order chi connectivity index (χ1) is 10.8. The smallest absolute Gasteiger partial charge is 0.397 e. The molecule has 0 fully saturated rings. The lowest BCUT2D eigenvalue weighted by Gasteiger charge is -2.11. The molecule has 0 unspecified atom stereocenters. The van der Waals surface area contributed by atoms with Crippen molar-refractivity contribution < 1.29 is 27.3 Å². The van der Waals surface area contributed by atoms with E-state index in [9.17, 15) is 23.2 Å². The monoisotopic (exact) mass is 367 g/mol. The molecular formula is C12H12F3N3O3S2. The van der Waals surface area contributed by atoms with Crippen LogP contribution in [0.2, 0.25) is 0 Å². The Kier molecular flexibility index (Phi) is 7.47. The Hall–Kier alpha value is -1.64. The Labute approximate surface area is 138 Å². The lowest BCUT2D eigenvalue weighted by Crippen LogP contribution is -2.13. The standard InChI is InChI=1S/C12H12F3N3O3S2/c13-12(14,15)23-21-10-4-7(2-1-3-19)8(5-16)11(18-10)22-6-9(17)20/h4,19H,1-3,6H2,(H2,17,20). The Morgan fingerprint density at radius 3 is 2.74 bits per heavy atom. The number of carbonyl (C=O) groups excluding carboxylic acids is 1. The van der Waals surface area contributed by atoms with Crippen LogP contribution in [-0.4, -0.2) is 33.9 Å². The first-order valence-corrected chi connectivity index (χ1v) is 7.88. The lowest BCUT2D eigenvalue weighted by atomic mass is 10.1. The Morgan fingerprint density at radius 1 is 1.52 bits per heavy atom. The number of aromatic nitrogens is 1. The van der Waals surface area contributed by atoms with E-state index in [1.165, 1.54) is 6.07 Å². The van der Waals surface area contributed by atoms with Crippen molar-refractivity contribution in [2.45, 2.75) is 23.4 Å². The van der Waals surface area contributed by atoms with Crippen molar-refractivity contribution >= 4 is 29.7 Å². The minimum atomic E-state index is -4.61. The topological polar surface area (TPSA) is 109 Å². The number of hydrogen-bond acceptors (Lipinski definition) is 7. The molecule has 0 atom stereocenters. The third-order valence-electron chi connectivity index (χ3n) is 2.33. The highest BCUT2D eigenvalue weighted by molar-refractivity contribution is 8.00. The van der Waals surface area contributed by atoms with E-state index < -0.39 is 23.5 Å². The third kappa shape index (κ3) is 6.98. The van der Waals surface area contributed by atoms with E-state index in [1.807, 2.05) is 6.07 Å². The number of carbonyl (C=O) groups is 1. The second-order valence-corrected chi connectivity index (χ2v) is 5.87. The molecule has 23 heavy (non-hydrogen) atoms. The zero-order chi connectivity index (χ0) is 17.5. The van der Waals surface area contributed by atoms with Crippen LogP contribution in [0.5, 0.6) is 5.88 Å². The van der Waals surface area contributed by atoms with Crippen molar-refractivity contribution in [1.82, 2.24) is 4.98 Å². The fraction of sp³-hybridized carbons (Fsp3) is 0.417. The van der Waals surface area contributed by atoms with Crippen molar-refractivity contribution in [2.75, 3.05) is 12.4 Å². The molecule has 0 bridgehead atoms. The number of aliphatic hydroxyl groups is 1. The summed E-state index contributed by atoms with van der Waals surface area (Å²) in [5, 5.41) is 18.1. The highest BCUT2D eigenvalue weighted by Crippen LogP contribution is 2.34. The predicted octanol–water partition coefficient (Wildman–Crippen LogP) is 2.00. The van der Waals surface area contributed by atoms with Gasteiger partial charge in [0.05, 0.1) is 11.3 Å². The van der Waals surface area contributed by atoms with E-state index in [0.29, 0.717) is 12.0 Å². The number of nitrogens with two attached hydrogens (primary N) is 1.